The summed E-state index contributed by atoms with van der Waals surface area (Å²) in [7, 11) is 0. The molecule has 0 aliphatic heterocycles. The van der Waals surface area contributed by atoms with E-state index in [2.05, 4.69) is 10.6 Å². The van der Waals surface area contributed by atoms with Crippen molar-refractivity contribution in [1.82, 2.24) is 10.6 Å². The Balaban J connectivity index is 1.70. The molecule has 0 unspecified atom stereocenters. The summed E-state index contributed by atoms with van der Waals surface area (Å²) >= 11 is 0. The van der Waals surface area contributed by atoms with Crippen LogP contribution in [0.15, 0.2) is 84.9 Å². The van der Waals surface area contributed by atoms with Crippen molar-refractivity contribution in [2.24, 2.45) is 0 Å². The summed E-state index contributed by atoms with van der Waals surface area (Å²) in [5, 5.41) is 14.9. The predicted octanol–water partition coefficient (Wildman–Crippen LogP) is 3.64. The number of rotatable bonds is 10. The van der Waals surface area contributed by atoms with Gasteiger partial charge in [0.1, 0.15) is 18.7 Å². The van der Waals surface area contributed by atoms with Crippen LogP contribution < -0.4 is 10.6 Å². The Labute approximate surface area is 198 Å². The second kappa shape index (κ2) is 12.2. The molecule has 2 amide bonds. The van der Waals surface area contributed by atoms with Crippen molar-refractivity contribution in [3.63, 3.8) is 0 Å². The molecule has 3 aromatic carbocycles. The predicted molar refractivity (Wildman–Crippen MR) is 128 cm³/mol. The number of alkyl carbamates (subject to hydrolysis) is 1. The fourth-order valence-electron chi connectivity index (χ4n) is 3.50. The van der Waals surface area contributed by atoms with Crippen LogP contribution in [0, 0.1) is 6.92 Å². The third kappa shape index (κ3) is 7.48. The first kappa shape index (κ1) is 24.5. The molecule has 176 valence electrons. The van der Waals surface area contributed by atoms with E-state index in [0.29, 0.717) is 0 Å². The van der Waals surface area contributed by atoms with Gasteiger partial charge in [0.15, 0.2) is 0 Å². The number of aliphatic carboxylic acids is 1. The van der Waals surface area contributed by atoms with Gasteiger partial charge in [0.2, 0.25) is 5.91 Å². The van der Waals surface area contributed by atoms with Crippen molar-refractivity contribution in [2.75, 3.05) is 0 Å². The van der Waals surface area contributed by atoms with E-state index in [1.807, 2.05) is 91.9 Å². The van der Waals surface area contributed by atoms with Crippen molar-refractivity contribution in [3.8, 4) is 0 Å². The lowest BCUT2D eigenvalue weighted by molar-refractivity contribution is -0.142. The van der Waals surface area contributed by atoms with Crippen LogP contribution in [0.3, 0.4) is 0 Å². The molecule has 7 heteroatoms. The zero-order chi connectivity index (χ0) is 24.3. The van der Waals surface area contributed by atoms with E-state index in [4.69, 9.17) is 4.74 Å². The lowest BCUT2D eigenvalue weighted by Gasteiger charge is -2.22. The summed E-state index contributed by atoms with van der Waals surface area (Å²) in [6, 6.07) is 23.6. The molecule has 0 spiro atoms. The van der Waals surface area contributed by atoms with Crippen molar-refractivity contribution >= 4 is 18.0 Å². The molecule has 3 rings (SSSR count). The van der Waals surface area contributed by atoms with Gasteiger partial charge in [-0.1, -0.05) is 84.9 Å². The van der Waals surface area contributed by atoms with E-state index in [1.165, 1.54) is 0 Å². The van der Waals surface area contributed by atoms with Gasteiger partial charge < -0.3 is 20.5 Å². The topological polar surface area (TPSA) is 105 Å². The summed E-state index contributed by atoms with van der Waals surface area (Å²) in [6.45, 7) is 1.94. The van der Waals surface area contributed by atoms with Crippen LogP contribution in [-0.4, -0.2) is 35.2 Å². The summed E-state index contributed by atoms with van der Waals surface area (Å²) in [6.07, 6.45) is -0.445. The summed E-state index contributed by atoms with van der Waals surface area (Å²) in [5.74, 6) is -1.75. The SMILES string of the molecule is Cc1ccccc1C[C@H](NC(=O)[C@@H](Cc1ccccc1)NC(=O)OCc1ccccc1)C(=O)O. The van der Waals surface area contributed by atoms with E-state index < -0.39 is 30.1 Å². The molecular weight excluding hydrogens is 432 g/mol. The van der Waals surface area contributed by atoms with Crippen molar-refractivity contribution in [2.45, 2.75) is 38.5 Å². The van der Waals surface area contributed by atoms with Crippen molar-refractivity contribution < 1.29 is 24.2 Å². The first-order valence-corrected chi connectivity index (χ1v) is 11.0. The Morgan fingerprint density at radius 1 is 0.765 bits per heavy atom. The normalized spacial score (nSPS) is 12.3. The third-order valence-electron chi connectivity index (χ3n) is 5.40. The average Bonchev–Trinajstić information content (AvgIpc) is 2.84. The van der Waals surface area contributed by atoms with Gasteiger partial charge in [-0.25, -0.2) is 9.59 Å². The number of hydrogen-bond donors (Lipinski definition) is 3. The minimum absolute atomic E-state index is 0.0530. The monoisotopic (exact) mass is 460 g/mol. The molecule has 0 saturated carbocycles. The first-order chi connectivity index (χ1) is 16.4. The van der Waals surface area contributed by atoms with Crippen molar-refractivity contribution in [3.05, 3.63) is 107 Å². The molecule has 3 N–H and O–H groups in total. The van der Waals surface area contributed by atoms with E-state index in [0.717, 1.165) is 22.3 Å². The Morgan fingerprint density at radius 3 is 1.97 bits per heavy atom. The highest BCUT2D eigenvalue weighted by Gasteiger charge is 2.27. The zero-order valence-corrected chi connectivity index (χ0v) is 18.9. The Bertz CT molecular complexity index is 1100. The first-order valence-electron chi connectivity index (χ1n) is 11.0. The highest BCUT2D eigenvalue weighted by molar-refractivity contribution is 5.89. The number of nitrogens with one attached hydrogen (secondary N) is 2. The summed E-state index contributed by atoms with van der Waals surface area (Å²) < 4.78 is 5.26. The molecule has 0 saturated heterocycles. The lowest BCUT2D eigenvalue weighted by Crippen LogP contribution is -2.53. The number of benzene rings is 3. The van der Waals surface area contributed by atoms with Gasteiger partial charge in [0.25, 0.3) is 0 Å². The molecule has 0 aromatic heterocycles. The van der Waals surface area contributed by atoms with E-state index >= 15 is 0 Å². The number of carbonyl (C=O) groups excluding carboxylic acids is 2. The number of aryl methyl sites for hydroxylation is 1. The van der Waals surface area contributed by atoms with Gasteiger partial charge in [0, 0.05) is 12.8 Å². The average molecular weight is 461 g/mol. The maximum absolute atomic E-state index is 13.1. The standard InChI is InChI=1S/C27H28N2O5/c1-19-10-8-9-15-22(19)17-24(26(31)32)28-25(30)23(16-20-11-4-2-5-12-20)29-27(33)34-18-21-13-6-3-7-14-21/h2-15,23-24H,16-18H2,1H3,(H,28,30)(H,29,33)(H,31,32)/t23-,24+/m1/s1. The molecule has 0 radical (unpaired) electrons. The quantitative estimate of drug-likeness (QED) is 0.428. The van der Waals surface area contributed by atoms with Crippen LogP contribution in [0.5, 0.6) is 0 Å². The summed E-state index contributed by atoms with van der Waals surface area (Å²) in [5.41, 5.74) is 3.39. The summed E-state index contributed by atoms with van der Waals surface area (Å²) in [4.78, 5) is 37.4. The molecule has 0 fully saturated rings. The van der Waals surface area contributed by atoms with Crippen LogP contribution in [-0.2, 0) is 33.8 Å². The number of carboxylic acid groups (broad SMARTS) is 1. The minimum Gasteiger partial charge on any atom is -0.480 e. The van der Waals surface area contributed by atoms with Gasteiger partial charge in [-0.05, 0) is 29.2 Å². The van der Waals surface area contributed by atoms with Gasteiger partial charge in [-0.2, -0.15) is 0 Å². The maximum Gasteiger partial charge on any atom is 0.408 e. The molecular formula is C27H28N2O5. The Kier molecular flexibility index (Phi) is 8.80. The number of carboxylic acids is 1. The van der Waals surface area contributed by atoms with Gasteiger partial charge in [-0.3, -0.25) is 4.79 Å². The maximum atomic E-state index is 13.1. The molecule has 0 bridgehead atoms. The number of hydrogen-bond acceptors (Lipinski definition) is 4. The molecule has 7 nitrogen and oxygen atoms in total. The largest absolute Gasteiger partial charge is 0.480 e. The number of carbonyl (C=O) groups is 3. The molecule has 2 atom stereocenters. The zero-order valence-electron chi connectivity index (χ0n) is 18.9. The second-order valence-electron chi connectivity index (χ2n) is 7.98. The molecule has 0 aliphatic carbocycles. The highest BCUT2D eigenvalue weighted by atomic mass is 16.5. The fraction of sp³-hybridized carbons (Fsp3) is 0.222. The van der Waals surface area contributed by atoms with Crippen LogP contribution in [0.1, 0.15) is 22.3 Å². The minimum atomic E-state index is -1.15. The number of amides is 2. The van der Waals surface area contributed by atoms with Gasteiger partial charge in [-0.15, -0.1) is 0 Å². The van der Waals surface area contributed by atoms with Crippen LogP contribution in [0.2, 0.25) is 0 Å². The van der Waals surface area contributed by atoms with E-state index in [-0.39, 0.29) is 19.4 Å². The molecule has 0 heterocycles. The van der Waals surface area contributed by atoms with Crippen molar-refractivity contribution in [1.29, 1.82) is 0 Å². The number of ether oxygens (including phenoxy) is 1. The Hall–Kier alpha value is -4.13. The van der Waals surface area contributed by atoms with Gasteiger partial charge >= 0.3 is 12.1 Å². The molecule has 0 aliphatic rings. The fourth-order valence-corrected chi connectivity index (χ4v) is 3.50. The van der Waals surface area contributed by atoms with E-state index in [1.54, 1.807) is 0 Å². The van der Waals surface area contributed by atoms with Crippen LogP contribution in [0.25, 0.3) is 0 Å². The third-order valence-corrected chi connectivity index (χ3v) is 5.40. The lowest BCUT2D eigenvalue weighted by atomic mass is 10.00. The van der Waals surface area contributed by atoms with Crippen LogP contribution in [0.4, 0.5) is 4.79 Å². The second-order valence-corrected chi connectivity index (χ2v) is 7.98. The van der Waals surface area contributed by atoms with Crippen LogP contribution >= 0.6 is 0 Å². The smallest absolute Gasteiger partial charge is 0.408 e. The Morgan fingerprint density at radius 2 is 1.35 bits per heavy atom. The van der Waals surface area contributed by atoms with E-state index in [9.17, 15) is 19.5 Å². The molecule has 34 heavy (non-hydrogen) atoms. The molecule has 3 aromatic rings. The highest BCUT2D eigenvalue weighted by Crippen LogP contribution is 2.11. The van der Waals surface area contributed by atoms with Gasteiger partial charge in [0.05, 0.1) is 0 Å².